The number of carbonyl (C=O) groups excluding carboxylic acids is 1. The molecule has 0 bridgehead atoms. The molecule has 0 radical (unpaired) electrons. The Bertz CT molecular complexity index is 1190. The quantitative estimate of drug-likeness (QED) is 0.530. The Kier molecular flexibility index (Phi) is 7.13. The Labute approximate surface area is 200 Å². The first-order valence-corrected chi connectivity index (χ1v) is 12.7. The molecule has 8 nitrogen and oxygen atoms in total. The second kappa shape index (κ2) is 10.1. The number of fused-ring (bicyclic) bond motifs is 1. The largest absolute Gasteiger partial charge is 0.495 e. The number of rotatable bonds is 8. The van der Waals surface area contributed by atoms with Gasteiger partial charge in [0.15, 0.2) is 11.5 Å². The van der Waals surface area contributed by atoms with E-state index in [1.165, 1.54) is 33.3 Å². The normalized spacial score (nSPS) is 15.9. The highest BCUT2D eigenvalue weighted by Gasteiger charge is 2.27. The molecule has 2 aliphatic rings. The van der Waals surface area contributed by atoms with Crippen molar-refractivity contribution in [3.8, 4) is 17.2 Å². The zero-order valence-corrected chi connectivity index (χ0v) is 20.5. The number of sulfonamides is 1. The standard InChI is InChI=1S/C25H30N2O6S/c1-26(2)34(29,30)24-15-18(8-12-22(24)31-3)10-13-25(28)27(20-6-4-5-7-20)16-19-9-11-21-23(14-19)33-17-32-21/h8-15,20H,4-7,16-17H2,1-3H3/b13-10+. The van der Waals surface area contributed by atoms with Gasteiger partial charge in [-0.25, -0.2) is 12.7 Å². The van der Waals surface area contributed by atoms with Gasteiger partial charge in [-0.2, -0.15) is 0 Å². The van der Waals surface area contributed by atoms with E-state index in [2.05, 4.69) is 0 Å². The summed E-state index contributed by atoms with van der Waals surface area (Å²) < 4.78 is 42.6. The Morgan fingerprint density at radius 2 is 1.82 bits per heavy atom. The van der Waals surface area contributed by atoms with E-state index in [-0.39, 0.29) is 29.4 Å². The van der Waals surface area contributed by atoms with Crippen LogP contribution in [0.1, 0.15) is 36.8 Å². The molecular weight excluding hydrogens is 456 g/mol. The van der Waals surface area contributed by atoms with Crippen molar-refractivity contribution < 1.29 is 27.4 Å². The smallest absolute Gasteiger partial charge is 0.247 e. The molecule has 0 saturated heterocycles. The van der Waals surface area contributed by atoms with E-state index >= 15 is 0 Å². The van der Waals surface area contributed by atoms with Gasteiger partial charge in [0, 0.05) is 32.8 Å². The predicted octanol–water partition coefficient (Wildman–Crippen LogP) is 3.66. The molecule has 0 atom stereocenters. The van der Waals surface area contributed by atoms with Crippen LogP contribution in [-0.4, -0.2) is 57.6 Å². The third kappa shape index (κ3) is 5.05. The fourth-order valence-electron chi connectivity index (χ4n) is 4.30. The van der Waals surface area contributed by atoms with E-state index in [4.69, 9.17) is 14.2 Å². The molecule has 2 aromatic carbocycles. The van der Waals surface area contributed by atoms with E-state index < -0.39 is 10.0 Å². The van der Waals surface area contributed by atoms with Crippen molar-refractivity contribution in [2.45, 2.75) is 43.2 Å². The van der Waals surface area contributed by atoms with Gasteiger partial charge in [0.05, 0.1) is 7.11 Å². The van der Waals surface area contributed by atoms with Crippen molar-refractivity contribution in [2.24, 2.45) is 0 Å². The molecule has 1 aliphatic carbocycles. The highest BCUT2D eigenvalue weighted by Crippen LogP contribution is 2.34. The summed E-state index contributed by atoms with van der Waals surface area (Å²) in [5.41, 5.74) is 1.57. The number of benzene rings is 2. The van der Waals surface area contributed by atoms with Crippen LogP contribution in [0.25, 0.3) is 6.08 Å². The van der Waals surface area contributed by atoms with Gasteiger partial charge in [0.25, 0.3) is 0 Å². The molecule has 1 saturated carbocycles. The fourth-order valence-corrected chi connectivity index (χ4v) is 5.38. The molecule has 1 aliphatic heterocycles. The van der Waals surface area contributed by atoms with Crippen LogP contribution in [0, 0.1) is 0 Å². The number of nitrogens with zero attached hydrogens (tertiary/aromatic N) is 2. The highest BCUT2D eigenvalue weighted by atomic mass is 32.2. The Morgan fingerprint density at radius 3 is 2.53 bits per heavy atom. The van der Waals surface area contributed by atoms with Crippen LogP contribution in [0.3, 0.4) is 0 Å². The second-order valence-electron chi connectivity index (χ2n) is 8.62. The molecule has 1 fully saturated rings. The zero-order chi connectivity index (χ0) is 24.3. The maximum atomic E-state index is 13.3. The van der Waals surface area contributed by atoms with E-state index in [9.17, 15) is 13.2 Å². The van der Waals surface area contributed by atoms with Gasteiger partial charge in [-0.3, -0.25) is 4.79 Å². The summed E-state index contributed by atoms with van der Waals surface area (Å²) in [6.07, 6.45) is 7.31. The van der Waals surface area contributed by atoms with Gasteiger partial charge in [-0.1, -0.05) is 25.0 Å². The maximum absolute atomic E-state index is 13.3. The van der Waals surface area contributed by atoms with E-state index in [0.717, 1.165) is 35.6 Å². The van der Waals surface area contributed by atoms with Crippen LogP contribution < -0.4 is 14.2 Å². The summed E-state index contributed by atoms with van der Waals surface area (Å²) in [4.78, 5) is 15.2. The summed E-state index contributed by atoms with van der Waals surface area (Å²) in [7, 11) is 0.668. The van der Waals surface area contributed by atoms with Crippen LogP contribution in [-0.2, 0) is 21.4 Å². The minimum absolute atomic E-state index is 0.0580. The predicted molar refractivity (Wildman–Crippen MR) is 128 cm³/mol. The molecule has 0 N–H and O–H groups in total. The first-order valence-electron chi connectivity index (χ1n) is 11.3. The van der Waals surface area contributed by atoms with Crippen LogP contribution in [0.4, 0.5) is 0 Å². The summed E-state index contributed by atoms with van der Waals surface area (Å²) in [5, 5.41) is 0. The van der Waals surface area contributed by atoms with Crippen LogP contribution in [0.2, 0.25) is 0 Å². The van der Waals surface area contributed by atoms with Crippen LogP contribution >= 0.6 is 0 Å². The van der Waals surface area contributed by atoms with Crippen molar-refractivity contribution in [1.82, 2.24) is 9.21 Å². The molecule has 2 aromatic rings. The van der Waals surface area contributed by atoms with Crippen molar-refractivity contribution in [2.75, 3.05) is 28.0 Å². The summed E-state index contributed by atoms with van der Waals surface area (Å²) >= 11 is 0. The molecule has 0 spiro atoms. The van der Waals surface area contributed by atoms with Gasteiger partial charge in [-0.05, 0) is 54.3 Å². The zero-order valence-electron chi connectivity index (χ0n) is 19.7. The lowest BCUT2D eigenvalue weighted by molar-refractivity contribution is -0.128. The molecule has 1 heterocycles. The maximum Gasteiger partial charge on any atom is 0.247 e. The number of carbonyl (C=O) groups is 1. The Morgan fingerprint density at radius 1 is 1.09 bits per heavy atom. The summed E-state index contributed by atoms with van der Waals surface area (Å²) in [5.74, 6) is 1.55. The SMILES string of the molecule is COc1ccc(/C=C/C(=O)N(Cc2ccc3c(c2)OCO3)C2CCCC2)cc1S(=O)(=O)N(C)C. The lowest BCUT2D eigenvalue weighted by Gasteiger charge is -2.28. The lowest BCUT2D eigenvalue weighted by atomic mass is 10.1. The van der Waals surface area contributed by atoms with Crippen molar-refractivity contribution >= 4 is 22.0 Å². The van der Waals surface area contributed by atoms with Gasteiger partial charge in [-0.15, -0.1) is 0 Å². The molecule has 34 heavy (non-hydrogen) atoms. The molecule has 0 aromatic heterocycles. The highest BCUT2D eigenvalue weighted by molar-refractivity contribution is 7.89. The van der Waals surface area contributed by atoms with Crippen LogP contribution in [0.5, 0.6) is 17.2 Å². The number of amides is 1. The van der Waals surface area contributed by atoms with Crippen molar-refractivity contribution in [3.05, 3.63) is 53.6 Å². The summed E-state index contributed by atoms with van der Waals surface area (Å²) in [6, 6.07) is 10.8. The third-order valence-electron chi connectivity index (χ3n) is 6.20. The van der Waals surface area contributed by atoms with Crippen LogP contribution in [0.15, 0.2) is 47.4 Å². The Hall–Kier alpha value is -3.04. The van der Waals surface area contributed by atoms with Gasteiger partial charge in [0.2, 0.25) is 22.7 Å². The van der Waals surface area contributed by atoms with E-state index in [1.807, 2.05) is 23.1 Å². The van der Waals surface area contributed by atoms with E-state index in [0.29, 0.717) is 23.6 Å². The minimum atomic E-state index is -3.70. The second-order valence-corrected chi connectivity index (χ2v) is 10.7. The number of hydrogen-bond donors (Lipinski definition) is 0. The first-order chi connectivity index (χ1) is 16.3. The third-order valence-corrected chi connectivity index (χ3v) is 8.04. The number of ether oxygens (including phenoxy) is 3. The van der Waals surface area contributed by atoms with E-state index in [1.54, 1.807) is 18.2 Å². The average Bonchev–Trinajstić information content (AvgIpc) is 3.52. The first kappa shape index (κ1) is 24.1. The van der Waals surface area contributed by atoms with Gasteiger partial charge >= 0.3 is 0 Å². The van der Waals surface area contributed by atoms with Gasteiger partial charge < -0.3 is 19.1 Å². The molecule has 9 heteroatoms. The molecular formula is C25H30N2O6S. The number of methoxy groups -OCH3 is 1. The molecule has 4 rings (SSSR count). The van der Waals surface area contributed by atoms with Gasteiger partial charge in [0.1, 0.15) is 10.6 Å². The number of hydrogen-bond acceptors (Lipinski definition) is 6. The minimum Gasteiger partial charge on any atom is -0.495 e. The lowest BCUT2D eigenvalue weighted by Crippen LogP contribution is -2.37. The average molecular weight is 487 g/mol. The molecule has 0 unspecified atom stereocenters. The fraction of sp³-hybridized carbons (Fsp3) is 0.400. The topological polar surface area (TPSA) is 85.4 Å². The molecule has 1 amide bonds. The monoisotopic (exact) mass is 486 g/mol. The van der Waals surface area contributed by atoms with Crippen molar-refractivity contribution in [3.63, 3.8) is 0 Å². The molecule has 182 valence electrons. The summed E-state index contributed by atoms with van der Waals surface area (Å²) in [6.45, 7) is 0.674. The van der Waals surface area contributed by atoms with Crippen molar-refractivity contribution in [1.29, 1.82) is 0 Å². The Balaban J connectivity index is 1.57.